The van der Waals surface area contributed by atoms with Crippen molar-refractivity contribution in [2.45, 2.75) is 12.3 Å². The Hall–Kier alpha value is -2.70. The molecular weight excluding hydrogens is 345 g/mol. The summed E-state index contributed by atoms with van der Waals surface area (Å²) in [6.07, 6.45) is 3.62. The molecule has 0 amide bonds. The minimum absolute atomic E-state index is 0.219. The fraction of sp³-hybridized carbons (Fsp3) is 0.286. The average Bonchev–Trinajstić information content (AvgIpc) is 3.39. The molecule has 1 fully saturated rings. The molecule has 0 N–H and O–H groups in total. The highest BCUT2D eigenvalue weighted by molar-refractivity contribution is 5.64. The van der Waals surface area contributed by atoms with Crippen LogP contribution in [0, 0.1) is 5.82 Å². The van der Waals surface area contributed by atoms with E-state index in [-0.39, 0.29) is 5.82 Å². The van der Waals surface area contributed by atoms with E-state index in [0.717, 1.165) is 22.4 Å². The van der Waals surface area contributed by atoms with Crippen LogP contribution in [0.1, 0.15) is 11.1 Å². The van der Waals surface area contributed by atoms with Gasteiger partial charge in [0.25, 0.3) is 0 Å². The van der Waals surface area contributed by atoms with Gasteiger partial charge in [0.05, 0.1) is 26.0 Å². The highest BCUT2D eigenvalue weighted by Gasteiger charge is 2.47. The Kier molecular flexibility index (Phi) is 3.77. The third-order valence-electron chi connectivity index (χ3n) is 5.26. The van der Waals surface area contributed by atoms with Crippen molar-refractivity contribution in [2.24, 2.45) is 7.05 Å². The Morgan fingerprint density at radius 2 is 1.93 bits per heavy atom. The third-order valence-corrected chi connectivity index (χ3v) is 5.26. The quantitative estimate of drug-likeness (QED) is 0.713. The van der Waals surface area contributed by atoms with Crippen molar-refractivity contribution in [2.75, 3.05) is 24.7 Å². The van der Waals surface area contributed by atoms with E-state index >= 15 is 0 Å². The lowest BCUT2D eigenvalue weighted by atomic mass is 10.1. The summed E-state index contributed by atoms with van der Waals surface area (Å²) in [5.74, 6) is -0.939. The van der Waals surface area contributed by atoms with Crippen LogP contribution < -0.4 is 4.90 Å². The Labute approximate surface area is 156 Å². The van der Waals surface area contributed by atoms with Crippen molar-refractivity contribution in [1.29, 1.82) is 0 Å². The van der Waals surface area contributed by atoms with Gasteiger partial charge in [-0.15, -0.1) is 0 Å². The number of aromatic nitrogens is 2. The number of hydrogen-bond donors (Lipinski definition) is 0. The maximum Gasteiger partial charge on any atom is 0.215 e. The number of halogens is 1. The smallest absolute Gasteiger partial charge is 0.215 e. The second kappa shape index (κ2) is 6.18. The Morgan fingerprint density at radius 3 is 2.67 bits per heavy atom. The topological polar surface area (TPSA) is 39.5 Å². The molecule has 0 saturated carbocycles. The third kappa shape index (κ3) is 2.72. The van der Waals surface area contributed by atoms with Gasteiger partial charge >= 0.3 is 0 Å². The molecule has 3 aromatic rings. The molecule has 138 valence electrons. The predicted molar refractivity (Wildman–Crippen MR) is 99.7 cm³/mol. The molecule has 27 heavy (non-hydrogen) atoms. The van der Waals surface area contributed by atoms with E-state index in [9.17, 15) is 4.39 Å². The molecule has 0 unspecified atom stereocenters. The van der Waals surface area contributed by atoms with E-state index in [2.05, 4.69) is 10.00 Å². The predicted octanol–water partition coefficient (Wildman–Crippen LogP) is 3.45. The van der Waals surface area contributed by atoms with Gasteiger partial charge in [-0.3, -0.25) is 4.68 Å². The Morgan fingerprint density at radius 1 is 1.11 bits per heavy atom. The number of rotatable bonds is 3. The fourth-order valence-electron chi connectivity index (χ4n) is 3.97. The number of aryl methyl sites for hydroxylation is 1. The van der Waals surface area contributed by atoms with Gasteiger partial charge in [-0.1, -0.05) is 30.3 Å². The zero-order chi connectivity index (χ0) is 18.4. The maximum absolute atomic E-state index is 14.8. The SMILES string of the molecule is Cn1cc(-c2ccc(CN3CC4(OCCO4)c4ccccc43)c(F)c2)cn1. The van der Waals surface area contributed by atoms with Crippen LogP contribution in [0.5, 0.6) is 0 Å². The molecule has 6 heteroatoms. The number of fused-ring (bicyclic) bond motifs is 2. The number of anilines is 1. The van der Waals surface area contributed by atoms with Gasteiger partial charge in [-0.05, 0) is 17.7 Å². The van der Waals surface area contributed by atoms with Crippen molar-refractivity contribution < 1.29 is 13.9 Å². The second-order valence-corrected chi connectivity index (χ2v) is 7.03. The van der Waals surface area contributed by atoms with Gasteiger partial charge in [-0.2, -0.15) is 5.10 Å². The Balaban J connectivity index is 1.44. The summed E-state index contributed by atoms with van der Waals surface area (Å²) in [4.78, 5) is 2.13. The highest BCUT2D eigenvalue weighted by Crippen LogP contribution is 2.45. The standard InChI is InChI=1S/C21H20FN3O2/c1-24-12-17(11-23-24)15-6-7-16(19(22)10-15)13-25-14-21(26-8-9-27-21)18-4-2-3-5-20(18)25/h2-7,10-12H,8-9,13-14H2,1H3. The molecule has 2 aliphatic rings. The average molecular weight is 365 g/mol. The van der Waals surface area contributed by atoms with E-state index in [4.69, 9.17) is 9.47 Å². The molecule has 1 spiro atoms. The summed E-state index contributed by atoms with van der Waals surface area (Å²) in [5, 5.41) is 4.15. The lowest BCUT2D eigenvalue weighted by molar-refractivity contribution is -0.151. The van der Waals surface area contributed by atoms with E-state index in [1.54, 1.807) is 16.9 Å². The number of benzene rings is 2. The molecule has 2 aromatic carbocycles. The van der Waals surface area contributed by atoms with Crippen molar-refractivity contribution in [3.63, 3.8) is 0 Å². The van der Waals surface area contributed by atoms with E-state index in [1.807, 2.05) is 49.6 Å². The molecule has 3 heterocycles. The molecule has 0 aliphatic carbocycles. The fourth-order valence-corrected chi connectivity index (χ4v) is 3.97. The van der Waals surface area contributed by atoms with Crippen LogP contribution in [0.25, 0.3) is 11.1 Å². The van der Waals surface area contributed by atoms with Crippen LogP contribution >= 0.6 is 0 Å². The number of nitrogens with zero attached hydrogens (tertiary/aromatic N) is 3. The first-order chi connectivity index (χ1) is 13.1. The monoisotopic (exact) mass is 365 g/mol. The van der Waals surface area contributed by atoms with Crippen LogP contribution in [0.2, 0.25) is 0 Å². The van der Waals surface area contributed by atoms with Crippen LogP contribution in [-0.4, -0.2) is 29.5 Å². The first-order valence-corrected chi connectivity index (χ1v) is 9.04. The molecule has 5 nitrogen and oxygen atoms in total. The molecule has 0 radical (unpaired) electrons. The van der Waals surface area contributed by atoms with Crippen molar-refractivity contribution >= 4 is 5.69 Å². The van der Waals surface area contributed by atoms with E-state index in [0.29, 0.717) is 31.9 Å². The molecule has 0 bridgehead atoms. The number of ether oxygens (including phenoxy) is 2. The normalized spacial score (nSPS) is 17.6. The number of para-hydroxylation sites is 1. The molecule has 1 saturated heterocycles. The molecule has 5 rings (SSSR count). The minimum Gasteiger partial charge on any atom is -0.361 e. The van der Waals surface area contributed by atoms with E-state index < -0.39 is 5.79 Å². The zero-order valence-corrected chi connectivity index (χ0v) is 15.1. The van der Waals surface area contributed by atoms with Gasteiger partial charge in [0.2, 0.25) is 5.79 Å². The zero-order valence-electron chi connectivity index (χ0n) is 15.1. The van der Waals surface area contributed by atoms with Crippen molar-refractivity contribution in [3.8, 4) is 11.1 Å². The van der Waals surface area contributed by atoms with Gasteiger partial charge in [-0.25, -0.2) is 4.39 Å². The Bertz CT molecular complexity index is 995. The summed E-state index contributed by atoms with van der Waals surface area (Å²) in [7, 11) is 1.85. The van der Waals surface area contributed by atoms with Gasteiger partial charge < -0.3 is 14.4 Å². The highest BCUT2D eigenvalue weighted by atomic mass is 19.1. The largest absolute Gasteiger partial charge is 0.361 e. The van der Waals surface area contributed by atoms with Crippen LogP contribution in [-0.2, 0) is 28.9 Å². The molecular formula is C21H20FN3O2. The van der Waals surface area contributed by atoms with Gasteiger partial charge in [0.15, 0.2) is 0 Å². The molecule has 1 aromatic heterocycles. The van der Waals surface area contributed by atoms with Gasteiger partial charge in [0.1, 0.15) is 5.82 Å². The van der Waals surface area contributed by atoms with Crippen LogP contribution in [0.3, 0.4) is 0 Å². The van der Waals surface area contributed by atoms with Gasteiger partial charge in [0, 0.05) is 42.2 Å². The number of hydrogen-bond acceptors (Lipinski definition) is 4. The second-order valence-electron chi connectivity index (χ2n) is 7.03. The maximum atomic E-state index is 14.8. The lowest BCUT2D eigenvalue weighted by Gasteiger charge is -2.24. The minimum atomic E-state index is -0.720. The first kappa shape index (κ1) is 16.5. The molecule has 2 aliphatic heterocycles. The summed E-state index contributed by atoms with van der Waals surface area (Å²) < 4.78 is 28.4. The lowest BCUT2D eigenvalue weighted by Crippen LogP contribution is -2.34. The summed E-state index contributed by atoms with van der Waals surface area (Å²) in [5.41, 5.74) is 4.43. The first-order valence-electron chi connectivity index (χ1n) is 9.04. The van der Waals surface area contributed by atoms with Crippen molar-refractivity contribution in [1.82, 2.24) is 9.78 Å². The molecule has 0 atom stereocenters. The summed E-state index contributed by atoms with van der Waals surface area (Å²) in [6.45, 7) is 2.19. The van der Waals surface area contributed by atoms with Crippen molar-refractivity contribution in [3.05, 3.63) is 71.8 Å². The van der Waals surface area contributed by atoms with Crippen LogP contribution in [0.15, 0.2) is 54.9 Å². The van der Waals surface area contributed by atoms with Crippen LogP contribution in [0.4, 0.5) is 10.1 Å². The van der Waals surface area contributed by atoms with E-state index in [1.165, 1.54) is 0 Å². The summed E-state index contributed by atoms with van der Waals surface area (Å²) >= 11 is 0. The summed E-state index contributed by atoms with van der Waals surface area (Å²) in [6, 6.07) is 13.4.